The van der Waals surface area contributed by atoms with Gasteiger partial charge in [0, 0.05) is 0 Å². The summed E-state index contributed by atoms with van der Waals surface area (Å²) in [4.78, 5) is 0. The van der Waals surface area contributed by atoms with Crippen LogP contribution < -0.4 is 9.47 Å². The van der Waals surface area contributed by atoms with E-state index in [1.807, 2.05) is 25.1 Å². The molecule has 0 spiro atoms. The lowest BCUT2D eigenvalue weighted by Crippen LogP contribution is -2.16. The quantitative estimate of drug-likeness (QED) is 0.821. The monoisotopic (exact) mass is 221 g/mol. The van der Waals surface area contributed by atoms with E-state index < -0.39 is 6.10 Å². The van der Waals surface area contributed by atoms with Gasteiger partial charge in [-0.25, -0.2) is 0 Å². The van der Waals surface area contributed by atoms with Crippen molar-refractivity contribution in [2.75, 3.05) is 13.7 Å². The van der Waals surface area contributed by atoms with E-state index in [1.54, 1.807) is 13.2 Å². The van der Waals surface area contributed by atoms with E-state index in [4.69, 9.17) is 14.7 Å². The molecular formula is C12H15NO3. The van der Waals surface area contributed by atoms with E-state index in [0.29, 0.717) is 11.5 Å². The molecule has 1 unspecified atom stereocenters. The fourth-order valence-corrected chi connectivity index (χ4v) is 1.24. The third kappa shape index (κ3) is 3.44. The molecular weight excluding hydrogens is 206 g/mol. The van der Waals surface area contributed by atoms with Crippen LogP contribution in [0, 0.1) is 18.3 Å². The number of ether oxygens (including phenoxy) is 2. The van der Waals surface area contributed by atoms with Gasteiger partial charge < -0.3 is 14.6 Å². The fraction of sp³-hybridized carbons (Fsp3) is 0.417. The van der Waals surface area contributed by atoms with Crippen LogP contribution in [-0.4, -0.2) is 24.9 Å². The van der Waals surface area contributed by atoms with Gasteiger partial charge in [-0.2, -0.15) is 5.26 Å². The first-order valence-electron chi connectivity index (χ1n) is 5.00. The summed E-state index contributed by atoms with van der Waals surface area (Å²) in [6.07, 6.45) is -0.704. The summed E-state index contributed by atoms with van der Waals surface area (Å²) < 4.78 is 10.5. The molecule has 0 saturated heterocycles. The lowest BCUT2D eigenvalue weighted by Gasteiger charge is -2.13. The first-order valence-corrected chi connectivity index (χ1v) is 5.00. The molecule has 1 aromatic rings. The Hall–Kier alpha value is -1.73. The minimum absolute atomic E-state index is 0.0637. The second-order valence-corrected chi connectivity index (χ2v) is 3.48. The van der Waals surface area contributed by atoms with E-state index in [9.17, 15) is 5.11 Å². The molecule has 0 aliphatic rings. The summed E-state index contributed by atoms with van der Waals surface area (Å²) >= 11 is 0. The third-order valence-corrected chi connectivity index (χ3v) is 2.08. The number of nitrogens with zero attached hydrogens (tertiary/aromatic N) is 1. The maximum absolute atomic E-state index is 9.34. The van der Waals surface area contributed by atoms with E-state index in [-0.39, 0.29) is 13.0 Å². The van der Waals surface area contributed by atoms with Crippen molar-refractivity contribution >= 4 is 0 Å². The third-order valence-electron chi connectivity index (χ3n) is 2.08. The van der Waals surface area contributed by atoms with Gasteiger partial charge in [0.2, 0.25) is 0 Å². The Kier molecular flexibility index (Phi) is 4.62. The molecule has 0 fully saturated rings. The number of aliphatic hydroxyl groups is 1. The Morgan fingerprint density at radius 1 is 1.44 bits per heavy atom. The highest BCUT2D eigenvalue weighted by Crippen LogP contribution is 2.27. The Bertz CT molecular complexity index is 384. The Morgan fingerprint density at radius 3 is 2.81 bits per heavy atom. The van der Waals surface area contributed by atoms with Gasteiger partial charge in [-0.15, -0.1) is 0 Å². The maximum Gasteiger partial charge on any atom is 0.161 e. The van der Waals surface area contributed by atoms with Crippen LogP contribution in [-0.2, 0) is 0 Å². The molecule has 0 saturated carbocycles. The lowest BCUT2D eigenvalue weighted by molar-refractivity contribution is 0.109. The molecule has 0 aliphatic carbocycles. The highest BCUT2D eigenvalue weighted by molar-refractivity contribution is 5.42. The van der Waals surface area contributed by atoms with Crippen LogP contribution in [0.1, 0.15) is 12.0 Å². The fourth-order valence-electron chi connectivity index (χ4n) is 1.24. The number of benzene rings is 1. The average Bonchev–Trinajstić information content (AvgIpc) is 2.27. The van der Waals surface area contributed by atoms with Crippen LogP contribution in [0.2, 0.25) is 0 Å². The summed E-state index contributed by atoms with van der Waals surface area (Å²) in [6, 6.07) is 7.42. The number of hydrogen-bond acceptors (Lipinski definition) is 4. The Balaban J connectivity index is 2.63. The van der Waals surface area contributed by atoms with Crippen molar-refractivity contribution in [3.8, 4) is 17.6 Å². The molecule has 0 amide bonds. The first-order chi connectivity index (χ1) is 7.67. The standard InChI is InChI=1S/C12H15NO3/c1-9-3-4-11(12(7-9)15-2)16-8-10(14)5-6-13/h3-4,7,10,14H,5,8H2,1-2H3. The van der Waals surface area contributed by atoms with Crippen molar-refractivity contribution in [3.05, 3.63) is 23.8 Å². The van der Waals surface area contributed by atoms with E-state index >= 15 is 0 Å². The number of rotatable bonds is 5. The lowest BCUT2D eigenvalue weighted by atomic mass is 10.2. The highest BCUT2D eigenvalue weighted by Gasteiger charge is 2.08. The number of methoxy groups -OCH3 is 1. The molecule has 16 heavy (non-hydrogen) atoms. The minimum Gasteiger partial charge on any atom is -0.493 e. The Morgan fingerprint density at radius 2 is 2.19 bits per heavy atom. The summed E-state index contributed by atoms with van der Waals surface area (Å²) in [5.74, 6) is 1.20. The molecule has 4 nitrogen and oxygen atoms in total. The molecule has 1 atom stereocenters. The second-order valence-electron chi connectivity index (χ2n) is 3.48. The molecule has 0 aliphatic heterocycles. The van der Waals surface area contributed by atoms with E-state index in [1.165, 1.54) is 0 Å². The zero-order valence-corrected chi connectivity index (χ0v) is 9.43. The van der Waals surface area contributed by atoms with Crippen molar-refractivity contribution in [1.29, 1.82) is 5.26 Å². The largest absolute Gasteiger partial charge is 0.493 e. The van der Waals surface area contributed by atoms with Crippen molar-refractivity contribution in [2.24, 2.45) is 0 Å². The van der Waals surface area contributed by atoms with Gasteiger partial charge in [0.15, 0.2) is 11.5 Å². The van der Waals surface area contributed by atoms with Crippen LogP contribution in [0.4, 0.5) is 0 Å². The summed E-state index contributed by atoms with van der Waals surface area (Å²) in [7, 11) is 1.56. The molecule has 0 aromatic heterocycles. The number of nitriles is 1. The van der Waals surface area contributed by atoms with Gasteiger partial charge in [-0.1, -0.05) is 6.07 Å². The number of hydrogen-bond donors (Lipinski definition) is 1. The summed E-state index contributed by atoms with van der Waals surface area (Å²) in [5, 5.41) is 17.7. The minimum atomic E-state index is -0.768. The number of aliphatic hydroxyl groups excluding tert-OH is 1. The normalized spacial score (nSPS) is 11.6. The molecule has 0 heterocycles. The second kappa shape index (κ2) is 5.99. The van der Waals surface area contributed by atoms with E-state index in [2.05, 4.69) is 0 Å². The van der Waals surface area contributed by atoms with Crippen molar-refractivity contribution in [3.63, 3.8) is 0 Å². The Labute approximate surface area is 95.0 Å². The summed E-state index contributed by atoms with van der Waals surface area (Å²) in [6.45, 7) is 2.05. The predicted octanol–water partition coefficient (Wildman–Crippen LogP) is 1.66. The molecule has 1 aromatic carbocycles. The van der Waals surface area contributed by atoms with Gasteiger partial charge in [-0.05, 0) is 24.6 Å². The van der Waals surface area contributed by atoms with Crippen LogP contribution >= 0.6 is 0 Å². The number of aryl methyl sites for hydroxylation is 1. The highest BCUT2D eigenvalue weighted by atomic mass is 16.5. The van der Waals surface area contributed by atoms with Gasteiger partial charge in [-0.3, -0.25) is 0 Å². The first kappa shape index (κ1) is 12.3. The van der Waals surface area contributed by atoms with Gasteiger partial charge >= 0.3 is 0 Å². The van der Waals surface area contributed by atoms with Crippen LogP contribution in [0.25, 0.3) is 0 Å². The molecule has 86 valence electrons. The van der Waals surface area contributed by atoms with Crippen LogP contribution in [0.15, 0.2) is 18.2 Å². The van der Waals surface area contributed by atoms with Crippen molar-refractivity contribution in [2.45, 2.75) is 19.4 Å². The van der Waals surface area contributed by atoms with Crippen molar-refractivity contribution in [1.82, 2.24) is 0 Å². The molecule has 0 radical (unpaired) electrons. The van der Waals surface area contributed by atoms with Gasteiger partial charge in [0.05, 0.1) is 19.6 Å². The zero-order chi connectivity index (χ0) is 12.0. The zero-order valence-electron chi connectivity index (χ0n) is 9.43. The SMILES string of the molecule is COc1cc(C)ccc1OCC(O)CC#N. The average molecular weight is 221 g/mol. The van der Waals surface area contributed by atoms with E-state index in [0.717, 1.165) is 5.56 Å². The maximum atomic E-state index is 9.34. The molecule has 1 rings (SSSR count). The summed E-state index contributed by atoms with van der Waals surface area (Å²) in [5.41, 5.74) is 1.07. The topological polar surface area (TPSA) is 62.5 Å². The van der Waals surface area contributed by atoms with Crippen LogP contribution in [0.3, 0.4) is 0 Å². The van der Waals surface area contributed by atoms with Gasteiger partial charge in [0.1, 0.15) is 12.7 Å². The smallest absolute Gasteiger partial charge is 0.161 e. The molecule has 1 N–H and O–H groups in total. The molecule has 4 heteroatoms. The molecule has 0 bridgehead atoms. The van der Waals surface area contributed by atoms with Crippen LogP contribution in [0.5, 0.6) is 11.5 Å². The van der Waals surface area contributed by atoms with Gasteiger partial charge in [0.25, 0.3) is 0 Å². The van der Waals surface area contributed by atoms with Crippen molar-refractivity contribution < 1.29 is 14.6 Å². The predicted molar refractivity (Wildman–Crippen MR) is 59.5 cm³/mol.